The third-order valence-electron chi connectivity index (χ3n) is 2.95. The summed E-state index contributed by atoms with van der Waals surface area (Å²) in [5, 5.41) is 0. The molecule has 1 fully saturated rings. The van der Waals surface area contributed by atoms with Gasteiger partial charge in [-0.3, -0.25) is 0 Å². The molecule has 0 unspecified atom stereocenters. The zero-order chi connectivity index (χ0) is 15.8. The van der Waals surface area contributed by atoms with Gasteiger partial charge in [-0.2, -0.15) is 0 Å². The molecule has 4 heteroatoms. The molecule has 3 nitrogen and oxygen atoms in total. The molecule has 0 atom stereocenters. The average molecular weight is 393 g/mol. The molecule has 0 saturated heterocycles. The second-order valence-electron chi connectivity index (χ2n) is 8.87. The Hall–Kier alpha value is 0.679. The van der Waals surface area contributed by atoms with Crippen LogP contribution in [0, 0.1) is 0 Å². The van der Waals surface area contributed by atoms with Crippen molar-refractivity contribution >= 4 is 19.6 Å². The van der Waals surface area contributed by atoms with E-state index in [1.807, 2.05) is 0 Å². The van der Waals surface area contributed by atoms with E-state index in [0.717, 1.165) is 0 Å². The Labute approximate surface area is 131 Å². The van der Waals surface area contributed by atoms with Crippen molar-refractivity contribution in [2.45, 2.75) is 102 Å². The second-order valence-corrected chi connectivity index (χ2v) is 16.4. The monoisotopic (exact) mass is 394 g/mol. The van der Waals surface area contributed by atoms with Gasteiger partial charge >= 0.3 is 131 Å². The summed E-state index contributed by atoms with van der Waals surface area (Å²) in [5.41, 5.74) is -0.660. The summed E-state index contributed by atoms with van der Waals surface area (Å²) >= 11 is -3.62. The van der Waals surface area contributed by atoms with Gasteiger partial charge in [0.25, 0.3) is 0 Å². The Kier molecular flexibility index (Phi) is 5.67. The van der Waals surface area contributed by atoms with Crippen molar-refractivity contribution in [2.75, 3.05) is 0 Å². The van der Waals surface area contributed by atoms with E-state index < -0.39 is 19.6 Å². The summed E-state index contributed by atoms with van der Waals surface area (Å²) in [5.74, 6) is 0. The zero-order valence-electron chi connectivity index (χ0n) is 14.9. The van der Waals surface area contributed by atoms with E-state index in [4.69, 9.17) is 9.22 Å². The molecule has 1 aliphatic rings. The molecule has 0 bridgehead atoms. The van der Waals surface area contributed by atoms with Crippen LogP contribution in [0.3, 0.4) is 0 Å². The average Bonchev–Trinajstić information content (AvgIpc) is 1.84. The van der Waals surface area contributed by atoms with E-state index in [-0.39, 0.29) is 16.8 Å². The summed E-state index contributed by atoms with van der Waals surface area (Å²) in [6.45, 7) is 19.0. The van der Waals surface area contributed by atoms with Gasteiger partial charge in [0.2, 0.25) is 0 Å². The first-order valence-electron chi connectivity index (χ1n) is 7.83. The van der Waals surface area contributed by atoms with E-state index in [1.54, 1.807) is 0 Å². The normalized spacial score (nSPS) is 19.1. The van der Waals surface area contributed by atoms with Crippen LogP contribution in [-0.2, 0) is 9.22 Å². The molecule has 0 N–H and O–H groups in total. The van der Waals surface area contributed by atoms with Crippen molar-refractivity contribution in [1.29, 1.82) is 0 Å². The fourth-order valence-corrected chi connectivity index (χ4v) is 14.6. The van der Waals surface area contributed by atoms with Gasteiger partial charge < -0.3 is 0 Å². The maximum atomic E-state index is 6.55. The molecular formula is C16H34O3Sn. The van der Waals surface area contributed by atoms with E-state index in [1.165, 1.54) is 19.3 Å². The Balaban J connectivity index is 3.09. The third kappa shape index (κ3) is 6.20. The predicted octanol–water partition coefficient (Wildman–Crippen LogP) is 4.92. The molecule has 0 aromatic carbocycles. The van der Waals surface area contributed by atoms with Crippen LogP contribution < -0.4 is 0 Å². The second kappa shape index (κ2) is 6.05. The van der Waals surface area contributed by atoms with Crippen LogP contribution in [0.15, 0.2) is 0 Å². The van der Waals surface area contributed by atoms with Crippen molar-refractivity contribution in [3.05, 3.63) is 0 Å². The van der Waals surface area contributed by atoms with E-state index in [2.05, 4.69) is 62.3 Å². The standard InChI is InChI=1S/3C4H9O.C4H7.Sn/c3*1-4(2,3)5;1-2-4-3-1;/h3*1-3H3;1H,2-4H2;/q3*-1;;+3. The van der Waals surface area contributed by atoms with Crippen molar-refractivity contribution in [3.8, 4) is 0 Å². The van der Waals surface area contributed by atoms with Crippen LogP contribution in [0.4, 0.5) is 0 Å². The maximum absolute atomic E-state index is 6.55. The summed E-state index contributed by atoms with van der Waals surface area (Å²) in [6, 6.07) is 0. The topological polar surface area (TPSA) is 27.7 Å². The fourth-order valence-electron chi connectivity index (χ4n) is 2.35. The first kappa shape index (κ1) is 18.7. The minimum atomic E-state index is -3.62. The third-order valence-corrected chi connectivity index (χ3v) is 15.1. The SMILES string of the molecule is CC(C)(C)[O][Sn]([O]C(C)(C)C)([O]C(C)(C)C)[CH]1CCC1. The fraction of sp³-hybridized carbons (Fsp3) is 1.00. The number of hydrogen-bond donors (Lipinski definition) is 0. The molecule has 0 aromatic rings. The van der Waals surface area contributed by atoms with Gasteiger partial charge in [0.1, 0.15) is 0 Å². The van der Waals surface area contributed by atoms with Crippen molar-refractivity contribution < 1.29 is 9.22 Å². The molecule has 20 heavy (non-hydrogen) atoms. The zero-order valence-corrected chi connectivity index (χ0v) is 17.8. The van der Waals surface area contributed by atoms with Crippen molar-refractivity contribution in [1.82, 2.24) is 0 Å². The van der Waals surface area contributed by atoms with Gasteiger partial charge in [0.15, 0.2) is 0 Å². The Morgan fingerprint density at radius 1 is 0.650 bits per heavy atom. The minimum absolute atomic E-state index is 0.220. The van der Waals surface area contributed by atoms with Gasteiger partial charge in [-0.1, -0.05) is 0 Å². The Morgan fingerprint density at radius 2 is 0.950 bits per heavy atom. The summed E-state index contributed by atoms with van der Waals surface area (Å²) < 4.78 is 20.2. The first-order valence-corrected chi connectivity index (χ1v) is 13.0. The van der Waals surface area contributed by atoms with Crippen molar-refractivity contribution in [3.63, 3.8) is 0 Å². The van der Waals surface area contributed by atoms with Gasteiger partial charge in [-0.15, -0.1) is 0 Å². The molecule has 0 heterocycles. The molecular weight excluding hydrogens is 359 g/mol. The van der Waals surface area contributed by atoms with Crippen LogP contribution in [0.25, 0.3) is 0 Å². The predicted molar refractivity (Wildman–Crippen MR) is 85.9 cm³/mol. The van der Waals surface area contributed by atoms with Gasteiger partial charge in [0.05, 0.1) is 0 Å². The van der Waals surface area contributed by atoms with Gasteiger partial charge in [0, 0.05) is 0 Å². The van der Waals surface area contributed by atoms with Gasteiger partial charge in [-0.25, -0.2) is 0 Å². The molecule has 0 amide bonds. The molecule has 1 aliphatic carbocycles. The molecule has 0 radical (unpaired) electrons. The molecule has 1 rings (SSSR count). The van der Waals surface area contributed by atoms with E-state index >= 15 is 0 Å². The van der Waals surface area contributed by atoms with Crippen LogP contribution >= 0.6 is 0 Å². The molecule has 0 aromatic heterocycles. The molecule has 1 saturated carbocycles. The number of hydrogen-bond acceptors (Lipinski definition) is 3. The van der Waals surface area contributed by atoms with E-state index in [0.29, 0.717) is 3.93 Å². The van der Waals surface area contributed by atoms with E-state index in [9.17, 15) is 0 Å². The van der Waals surface area contributed by atoms with Crippen molar-refractivity contribution in [2.24, 2.45) is 0 Å². The first-order chi connectivity index (χ1) is 8.73. The molecule has 120 valence electrons. The Morgan fingerprint density at radius 3 is 1.10 bits per heavy atom. The van der Waals surface area contributed by atoms with Crippen LogP contribution in [0.5, 0.6) is 0 Å². The molecule has 0 aliphatic heterocycles. The Bertz CT molecular complexity index is 275. The summed E-state index contributed by atoms with van der Waals surface area (Å²) in [6.07, 6.45) is 3.66. The van der Waals surface area contributed by atoms with Crippen LogP contribution in [0.2, 0.25) is 3.93 Å². The molecule has 0 spiro atoms. The van der Waals surface area contributed by atoms with Crippen LogP contribution in [0.1, 0.15) is 81.6 Å². The summed E-state index contributed by atoms with van der Waals surface area (Å²) in [4.78, 5) is 0. The quantitative estimate of drug-likeness (QED) is 0.635. The van der Waals surface area contributed by atoms with Crippen LogP contribution in [-0.4, -0.2) is 36.4 Å². The van der Waals surface area contributed by atoms with Gasteiger partial charge in [-0.05, 0) is 0 Å². The summed E-state index contributed by atoms with van der Waals surface area (Å²) in [7, 11) is 0. The number of rotatable bonds is 4.